The Hall–Kier alpha value is -3.20. The van der Waals surface area contributed by atoms with Gasteiger partial charge < -0.3 is 14.2 Å². The molecule has 0 atom stereocenters. The molecule has 0 aromatic heterocycles. The molecule has 30 heavy (non-hydrogen) atoms. The zero-order valence-electron chi connectivity index (χ0n) is 16.5. The van der Waals surface area contributed by atoms with Crippen LogP contribution in [0.1, 0.15) is 31.9 Å². The molecule has 0 fully saturated rings. The maximum atomic E-state index is 12.3. The van der Waals surface area contributed by atoms with Crippen LogP contribution in [0.3, 0.4) is 0 Å². The summed E-state index contributed by atoms with van der Waals surface area (Å²) in [6.07, 6.45) is 1.54. The largest absolute Gasteiger partial charge is 0.490 e. The van der Waals surface area contributed by atoms with E-state index in [1.165, 1.54) is 24.3 Å². The Bertz CT molecular complexity index is 1040. The van der Waals surface area contributed by atoms with Crippen molar-refractivity contribution in [1.82, 2.24) is 0 Å². The summed E-state index contributed by atoms with van der Waals surface area (Å²) in [4.78, 5) is 26.8. The predicted octanol–water partition coefficient (Wildman–Crippen LogP) is 4.89. The minimum atomic E-state index is -0.611. The summed E-state index contributed by atoms with van der Waals surface area (Å²) in [5, 5.41) is 10.8. The van der Waals surface area contributed by atoms with Crippen LogP contribution in [0.2, 0.25) is 0 Å². The van der Waals surface area contributed by atoms with Crippen molar-refractivity contribution in [2.24, 2.45) is 4.99 Å². The molecule has 2 aromatic carbocycles. The molecule has 0 bridgehead atoms. The van der Waals surface area contributed by atoms with Crippen LogP contribution < -0.4 is 9.47 Å². The minimum Gasteiger partial charge on any atom is -0.490 e. The highest BCUT2D eigenvalue weighted by molar-refractivity contribution is 9.10. The molecule has 0 aliphatic carbocycles. The highest BCUT2D eigenvalue weighted by atomic mass is 79.9. The van der Waals surface area contributed by atoms with Gasteiger partial charge in [0, 0.05) is 17.7 Å². The van der Waals surface area contributed by atoms with Crippen molar-refractivity contribution in [3.05, 3.63) is 67.8 Å². The molecule has 1 aliphatic heterocycles. The first-order valence-corrected chi connectivity index (χ1v) is 9.98. The maximum absolute atomic E-state index is 12.3. The van der Waals surface area contributed by atoms with Gasteiger partial charge in [-0.25, -0.2) is 9.79 Å². The number of non-ortho nitro benzene ring substituents is 1. The second-order valence-corrected chi connectivity index (χ2v) is 7.42. The normalized spacial score (nSPS) is 14.6. The molecule has 9 heteroatoms. The Morgan fingerprint density at radius 2 is 1.97 bits per heavy atom. The molecule has 0 unspecified atom stereocenters. The summed E-state index contributed by atoms with van der Waals surface area (Å²) in [6, 6.07) is 9.16. The van der Waals surface area contributed by atoms with Crippen LogP contribution in [-0.2, 0) is 9.53 Å². The fourth-order valence-electron chi connectivity index (χ4n) is 2.70. The van der Waals surface area contributed by atoms with Gasteiger partial charge in [-0.15, -0.1) is 0 Å². The van der Waals surface area contributed by atoms with Crippen molar-refractivity contribution in [2.45, 2.75) is 26.9 Å². The van der Waals surface area contributed by atoms with Crippen molar-refractivity contribution >= 4 is 39.6 Å². The van der Waals surface area contributed by atoms with E-state index in [1.54, 1.807) is 18.2 Å². The van der Waals surface area contributed by atoms with Crippen LogP contribution >= 0.6 is 15.9 Å². The fraction of sp³-hybridized carbons (Fsp3) is 0.238. The third-order valence-electron chi connectivity index (χ3n) is 3.93. The number of nitro groups is 1. The molecule has 0 spiro atoms. The third-order valence-corrected chi connectivity index (χ3v) is 4.52. The second kappa shape index (κ2) is 9.08. The van der Waals surface area contributed by atoms with E-state index in [-0.39, 0.29) is 23.4 Å². The first-order valence-electron chi connectivity index (χ1n) is 9.19. The highest BCUT2D eigenvalue weighted by Gasteiger charge is 2.25. The van der Waals surface area contributed by atoms with Gasteiger partial charge in [0.25, 0.3) is 5.69 Å². The number of benzene rings is 2. The monoisotopic (exact) mass is 474 g/mol. The van der Waals surface area contributed by atoms with Gasteiger partial charge in [0.1, 0.15) is 0 Å². The molecule has 1 aliphatic rings. The summed E-state index contributed by atoms with van der Waals surface area (Å²) in [6.45, 7) is 6.15. The number of hydrogen-bond acceptors (Lipinski definition) is 7. The van der Waals surface area contributed by atoms with Crippen molar-refractivity contribution < 1.29 is 23.9 Å². The van der Waals surface area contributed by atoms with Gasteiger partial charge in [0.15, 0.2) is 17.2 Å². The van der Waals surface area contributed by atoms with Crippen molar-refractivity contribution in [1.29, 1.82) is 0 Å². The molecule has 3 rings (SSSR count). The van der Waals surface area contributed by atoms with E-state index >= 15 is 0 Å². The zero-order chi connectivity index (χ0) is 21.8. The maximum Gasteiger partial charge on any atom is 0.363 e. The SMILES string of the molecule is CCOc1cc(/C=C2\N=C(c3ccc([N+](=O)[O-])cc3)OC2=O)cc(Br)c1OC(C)C. The quantitative estimate of drug-likeness (QED) is 0.245. The average Bonchev–Trinajstić information content (AvgIpc) is 3.05. The van der Waals surface area contributed by atoms with Crippen LogP contribution in [-0.4, -0.2) is 29.5 Å². The Morgan fingerprint density at radius 1 is 1.27 bits per heavy atom. The molecular formula is C21H19BrN2O6. The number of halogens is 1. The first kappa shape index (κ1) is 21.5. The van der Waals surface area contributed by atoms with Crippen LogP contribution in [0.15, 0.2) is 51.6 Å². The molecular weight excluding hydrogens is 456 g/mol. The Balaban J connectivity index is 1.93. The lowest BCUT2D eigenvalue weighted by atomic mass is 10.1. The van der Waals surface area contributed by atoms with E-state index in [2.05, 4.69) is 20.9 Å². The standard InChI is InChI=1S/C21H19BrN2O6/c1-4-28-18-11-13(9-16(22)19(18)29-12(2)3)10-17-21(25)30-20(23-17)14-5-7-15(8-6-14)24(26)27/h5-12H,4H2,1-3H3/b17-10-. The summed E-state index contributed by atoms with van der Waals surface area (Å²) in [5.74, 6) is 0.598. The number of hydrogen-bond donors (Lipinski definition) is 0. The van der Waals surface area contributed by atoms with Crippen LogP contribution in [0.4, 0.5) is 5.69 Å². The average molecular weight is 475 g/mol. The third kappa shape index (κ3) is 4.85. The van der Waals surface area contributed by atoms with Gasteiger partial charge in [-0.05, 0) is 72.6 Å². The molecule has 2 aromatic rings. The van der Waals surface area contributed by atoms with Crippen LogP contribution in [0.5, 0.6) is 11.5 Å². The number of cyclic esters (lactones) is 1. The van der Waals surface area contributed by atoms with Gasteiger partial charge in [-0.2, -0.15) is 0 Å². The van der Waals surface area contributed by atoms with Gasteiger partial charge in [-0.3, -0.25) is 10.1 Å². The van der Waals surface area contributed by atoms with E-state index < -0.39 is 10.9 Å². The lowest BCUT2D eigenvalue weighted by Crippen LogP contribution is -2.08. The summed E-state index contributed by atoms with van der Waals surface area (Å²) >= 11 is 3.49. The summed E-state index contributed by atoms with van der Waals surface area (Å²) in [7, 11) is 0. The zero-order valence-corrected chi connectivity index (χ0v) is 18.1. The molecule has 0 N–H and O–H groups in total. The Kier molecular flexibility index (Phi) is 6.51. The topological polar surface area (TPSA) is 100 Å². The van der Waals surface area contributed by atoms with E-state index in [9.17, 15) is 14.9 Å². The number of esters is 1. The van der Waals surface area contributed by atoms with E-state index in [1.807, 2.05) is 20.8 Å². The van der Waals surface area contributed by atoms with Gasteiger partial charge >= 0.3 is 5.97 Å². The minimum absolute atomic E-state index is 0.0385. The molecule has 1 heterocycles. The van der Waals surface area contributed by atoms with Crippen LogP contribution in [0, 0.1) is 10.1 Å². The number of nitro benzene ring substituents is 1. The Morgan fingerprint density at radius 3 is 2.57 bits per heavy atom. The van der Waals surface area contributed by atoms with Gasteiger partial charge in [-0.1, -0.05) is 0 Å². The number of nitrogens with zero attached hydrogens (tertiary/aromatic N) is 2. The predicted molar refractivity (Wildman–Crippen MR) is 115 cm³/mol. The smallest absolute Gasteiger partial charge is 0.363 e. The molecule has 8 nitrogen and oxygen atoms in total. The van der Waals surface area contributed by atoms with Crippen molar-refractivity contribution in [3.8, 4) is 11.5 Å². The van der Waals surface area contributed by atoms with E-state index in [4.69, 9.17) is 14.2 Å². The summed E-state index contributed by atoms with van der Waals surface area (Å²) in [5.41, 5.74) is 1.18. The molecule has 0 radical (unpaired) electrons. The first-order chi connectivity index (χ1) is 14.3. The molecule has 0 saturated carbocycles. The van der Waals surface area contributed by atoms with E-state index in [0.29, 0.717) is 33.7 Å². The number of aliphatic imine (C=N–C) groups is 1. The summed E-state index contributed by atoms with van der Waals surface area (Å²) < 4.78 is 17.4. The lowest BCUT2D eigenvalue weighted by molar-refractivity contribution is -0.384. The number of ether oxygens (including phenoxy) is 3. The molecule has 0 amide bonds. The molecule has 156 valence electrons. The second-order valence-electron chi connectivity index (χ2n) is 6.57. The lowest BCUT2D eigenvalue weighted by Gasteiger charge is -2.16. The fourth-order valence-corrected chi connectivity index (χ4v) is 3.25. The molecule has 0 saturated heterocycles. The van der Waals surface area contributed by atoms with Crippen molar-refractivity contribution in [3.63, 3.8) is 0 Å². The highest BCUT2D eigenvalue weighted by Crippen LogP contribution is 2.38. The number of rotatable bonds is 7. The van der Waals surface area contributed by atoms with Gasteiger partial charge in [0.05, 0.1) is 22.1 Å². The van der Waals surface area contributed by atoms with E-state index in [0.717, 1.165) is 0 Å². The van der Waals surface area contributed by atoms with Gasteiger partial charge in [0.2, 0.25) is 5.90 Å². The number of carbonyl (C=O) groups excluding carboxylic acids is 1. The Labute approximate surface area is 181 Å². The van der Waals surface area contributed by atoms with Crippen LogP contribution in [0.25, 0.3) is 6.08 Å². The van der Waals surface area contributed by atoms with Crippen molar-refractivity contribution in [2.75, 3.05) is 6.61 Å². The number of carbonyl (C=O) groups is 1.